The molecular formula is C31H28FN3O6S2. The molecule has 2 N–H and O–H groups in total. The van der Waals surface area contributed by atoms with E-state index in [1.165, 1.54) is 17.0 Å². The largest absolute Gasteiger partial charge is 0.462 e. The number of likely N-dealkylation sites (tertiary alicyclic amines) is 1. The van der Waals surface area contributed by atoms with Gasteiger partial charge in [0, 0.05) is 34.7 Å². The number of anilines is 1. The Morgan fingerprint density at radius 2 is 1.72 bits per heavy atom. The van der Waals surface area contributed by atoms with Crippen molar-refractivity contribution in [2.75, 3.05) is 18.5 Å². The number of imide groups is 1. The number of nitrogens with zero attached hydrogens (tertiary/aromatic N) is 1. The molecule has 7 unspecified atom stereocenters. The predicted molar refractivity (Wildman–Crippen MR) is 157 cm³/mol. The quantitative estimate of drug-likeness (QED) is 0.298. The summed E-state index contributed by atoms with van der Waals surface area (Å²) in [5.74, 6) is -2.72. The molecule has 0 radical (unpaired) electrons. The number of carbonyl (C=O) groups excluding carboxylic acids is 4. The Morgan fingerprint density at radius 1 is 1.02 bits per heavy atom. The maximum Gasteiger partial charge on any atom is 0.338 e. The Hall–Kier alpha value is -3.77. The monoisotopic (exact) mass is 621 g/mol. The van der Waals surface area contributed by atoms with Crippen LogP contribution in [0.15, 0.2) is 58.4 Å². The van der Waals surface area contributed by atoms with E-state index in [-0.39, 0.29) is 76.9 Å². The minimum absolute atomic E-state index is 0.0125. The van der Waals surface area contributed by atoms with E-state index in [0.717, 1.165) is 33.2 Å². The lowest BCUT2D eigenvalue weighted by molar-refractivity contribution is -0.141. The molecule has 1 aromatic heterocycles. The number of halogens is 1. The Balaban J connectivity index is 1.07. The standard InChI is InChI=1S/C31H28FN3O6S2/c1-2-41-30(39)15-5-9-17(10-6-15)33-20(36)11-12-35-28(37)23-18-13-19(24(23)29(35)38)25-22(18)21(14-3-7-16(32)8-4-14)26-27(42-25)34-31(40)43-26/h3-10,18-19,21-25H,2,11-13H2,1H3,(H,33,36)(H,34,40). The molecule has 2 aliphatic carbocycles. The molecule has 7 atom stereocenters. The highest BCUT2D eigenvalue weighted by Gasteiger charge is 2.69. The van der Waals surface area contributed by atoms with Crippen LogP contribution in [-0.2, 0) is 19.1 Å². The molecule has 2 aliphatic heterocycles. The van der Waals surface area contributed by atoms with E-state index < -0.39 is 17.8 Å². The van der Waals surface area contributed by atoms with Gasteiger partial charge >= 0.3 is 10.8 Å². The summed E-state index contributed by atoms with van der Waals surface area (Å²) < 4.78 is 18.8. The maximum atomic E-state index is 13.8. The van der Waals surface area contributed by atoms with Crippen LogP contribution < -0.4 is 10.2 Å². The van der Waals surface area contributed by atoms with Crippen molar-refractivity contribution in [2.45, 2.75) is 36.0 Å². The molecule has 3 amide bonds. The van der Waals surface area contributed by atoms with Crippen LogP contribution in [0.1, 0.15) is 46.5 Å². The zero-order valence-corrected chi connectivity index (χ0v) is 24.7. The number of thiazole rings is 1. The molecule has 222 valence electrons. The van der Waals surface area contributed by atoms with Crippen molar-refractivity contribution < 1.29 is 28.3 Å². The van der Waals surface area contributed by atoms with Crippen LogP contribution >= 0.6 is 23.1 Å². The Morgan fingerprint density at radius 3 is 2.42 bits per heavy atom. The summed E-state index contributed by atoms with van der Waals surface area (Å²) in [7, 11) is 0. The van der Waals surface area contributed by atoms with E-state index in [2.05, 4.69) is 10.3 Å². The van der Waals surface area contributed by atoms with Gasteiger partial charge in [0.2, 0.25) is 17.7 Å². The van der Waals surface area contributed by atoms with Crippen LogP contribution in [0.2, 0.25) is 0 Å². The first kappa shape index (κ1) is 28.0. The Bertz CT molecular complexity index is 1690. The van der Waals surface area contributed by atoms with Crippen LogP contribution in [0.5, 0.6) is 0 Å². The van der Waals surface area contributed by atoms with Gasteiger partial charge in [-0.05, 0) is 73.1 Å². The number of thioether (sulfide) groups is 1. The number of hydrogen-bond donors (Lipinski definition) is 2. The van der Waals surface area contributed by atoms with E-state index in [4.69, 9.17) is 4.74 Å². The second kappa shape index (κ2) is 10.7. The normalized spacial score (nSPS) is 28.4. The van der Waals surface area contributed by atoms with Crippen LogP contribution in [-0.4, -0.2) is 52.0 Å². The van der Waals surface area contributed by atoms with Gasteiger partial charge < -0.3 is 15.0 Å². The first-order valence-corrected chi connectivity index (χ1v) is 16.0. The Labute approximate surface area is 254 Å². The van der Waals surface area contributed by atoms with Crippen molar-refractivity contribution in [3.05, 3.63) is 80.0 Å². The number of hydrogen-bond acceptors (Lipinski definition) is 8. The number of H-pyrrole nitrogens is 1. The highest BCUT2D eigenvalue weighted by atomic mass is 32.2. The summed E-state index contributed by atoms with van der Waals surface area (Å²) in [5.41, 5.74) is 1.76. The maximum absolute atomic E-state index is 13.8. The van der Waals surface area contributed by atoms with Crippen molar-refractivity contribution in [1.29, 1.82) is 0 Å². The molecule has 2 aromatic carbocycles. The molecular weight excluding hydrogens is 593 g/mol. The molecule has 4 aliphatic rings. The van der Waals surface area contributed by atoms with Crippen molar-refractivity contribution in [3.8, 4) is 0 Å². The third-order valence-corrected chi connectivity index (χ3v) is 11.9. The van der Waals surface area contributed by atoms with Crippen molar-refractivity contribution in [2.24, 2.45) is 29.6 Å². The molecule has 1 saturated heterocycles. The zero-order valence-electron chi connectivity index (χ0n) is 23.1. The highest BCUT2D eigenvalue weighted by Crippen LogP contribution is 2.68. The van der Waals surface area contributed by atoms with Crippen molar-refractivity contribution in [1.82, 2.24) is 9.88 Å². The van der Waals surface area contributed by atoms with Gasteiger partial charge in [0.1, 0.15) is 5.82 Å². The number of nitrogens with one attached hydrogen (secondary N) is 2. The lowest BCUT2D eigenvalue weighted by atomic mass is 9.68. The number of rotatable bonds is 7. The third kappa shape index (κ3) is 4.62. The lowest BCUT2D eigenvalue weighted by Crippen LogP contribution is -2.42. The molecule has 7 rings (SSSR count). The van der Waals surface area contributed by atoms with Crippen LogP contribution in [0.25, 0.3) is 0 Å². The predicted octanol–water partition coefficient (Wildman–Crippen LogP) is 4.25. The van der Waals surface area contributed by atoms with Crippen molar-refractivity contribution >= 4 is 52.5 Å². The molecule has 0 spiro atoms. The minimum atomic E-state index is -0.460. The smallest absolute Gasteiger partial charge is 0.338 e. The fraction of sp³-hybridized carbons (Fsp3) is 0.387. The zero-order chi connectivity index (χ0) is 30.0. The van der Waals surface area contributed by atoms with Gasteiger partial charge in [-0.25, -0.2) is 9.18 Å². The summed E-state index contributed by atoms with van der Waals surface area (Å²) >= 11 is 2.76. The second-order valence-electron chi connectivity index (χ2n) is 11.4. The lowest BCUT2D eigenvalue weighted by Gasteiger charge is -2.43. The average Bonchev–Trinajstić information content (AvgIpc) is 3.72. The van der Waals surface area contributed by atoms with Gasteiger partial charge in [-0.1, -0.05) is 23.5 Å². The number of benzene rings is 2. The minimum Gasteiger partial charge on any atom is -0.462 e. The molecule has 12 heteroatoms. The Kier molecular flexibility index (Phi) is 7.00. The van der Waals surface area contributed by atoms with Gasteiger partial charge in [-0.2, -0.15) is 0 Å². The summed E-state index contributed by atoms with van der Waals surface area (Å²) in [6.07, 6.45) is 0.701. The summed E-state index contributed by atoms with van der Waals surface area (Å²) in [5, 5.41) is 3.60. The van der Waals surface area contributed by atoms with E-state index >= 15 is 0 Å². The molecule has 43 heavy (non-hydrogen) atoms. The van der Waals surface area contributed by atoms with Crippen molar-refractivity contribution in [3.63, 3.8) is 0 Å². The van der Waals surface area contributed by atoms with E-state index in [9.17, 15) is 28.4 Å². The molecule has 2 bridgehead atoms. The van der Waals surface area contributed by atoms with Crippen LogP contribution in [0.4, 0.5) is 10.1 Å². The van der Waals surface area contributed by atoms with Gasteiger partial charge in [0.25, 0.3) is 0 Å². The summed E-state index contributed by atoms with van der Waals surface area (Å²) in [6.45, 7) is 1.97. The third-order valence-electron chi connectivity index (χ3n) is 9.29. The second-order valence-corrected chi connectivity index (χ2v) is 13.6. The van der Waals surface area contributed by atoms with Crippen LogP contribution in [0.3, 0.4) is 0 Å². The number of aromatic amines is 1. The van der Waals surface area contributed by atoms with Gasteiger partial charge in [0.15, 0.2) is 0 Å². The highest BCUT2D eigenvalue weighted by molar-refractivity contribution is 8.00. The fourth-order valence-corrected chi connectivity index (χ4v) is 10.6. The number of fused-ring (bicyclic) bond motifs is 9. The molecule has 9 nitrogen and oxygen atoms in total. The molecule has 3 fully saturated rings. The van der Waals surface area contributed by atoms with E-state index in [1.54, 1.807) is 55.1 Å². The van der Waals surface area contributed by atoms with E-state index in [1.807, 2.05) is 0 Å². The first-order valence-electron chi connectivity index (χ1n) is 14.3. The van der Waals surface area contributed by atoms with Gasteiger partial charge in [-0.3, -0.25) is 24.1 Å². The SMILES string of the molecule is CCOC(=O)c1ccc(NC(=O)CCN2C(=O)C3C4CC(C3C2=O)C2C(c3ccc(F)cc3)c3sc(=O)[nH]c3SC42)cc1. The average molecular weight is 622 g/mol. The fourth-order valence-electron chi connectivity index (χ4n) is 7.68. The summed E-state index contributed by atoms with van der Waals surface area (Å²) in [6, 6.07) is 12.7. The van der Waals surface area contributed by atoms with Crippen LogP contribution in [0, 0.1) is 35.4 Å². The number of aromatic nitrogens is 1. The molecule has 2 saturated carbocycles. The molecule has 3 aromatic rings. The van der Waals surface area contributed by atoms with Gasteiger partial charge in [0.05, 0.1) is 29.0 Å². The topological polar surface area (TPSA) is 126 Å². The first-order chi connectivity index (χ1) is 20.7. The van der Waals surface area contributed by atoms with Gasteiger partial charge in [-0.15, -0.1) is 11.8 Å². The molecule has 3 heterocycles. The number of carbonyl (C=O) groups is 4. The number of amides is 3. The summed E-state index contributed by atoms with van der Waals surface area (Å²) in [4.78, 5) is 69.3. The number of ether oxygens (including phenoxy) is 1. The van der Waals surface area contributed by atoms with E-state index in [0.29, 0.717) is 11.3 Å². The number of esters is 1.